The molecule has 0 aliphatic rings. The fourth-order valence-electron chi connectivity index (χ4n) is 0.932. The Morgan fingerprint density at radius 1 is 1.47 bits per heavy atom. The highest BCUT2D eigenvalue weighted by molar-refractivity contribution is 5.87. The molecule has 0 aromatic heterocycles. The molecule has 0 heterocycles. The standard InChI is InChI=1S/C10H15F3O2/c1-7(2)9(14)15-8(3)5-4-6-10(11,12)13/h8H,1,4-6H2,2-3H3. The summed E-state index contributed by atoms with van der Waals surface area (Å²) in [6, 6.07) is 0. The highest BCUT2D eigenvalue weighted by atomic mass is 19.4. The maximum absolute atomic E-state index is 11.8. The van der Waals surface area contributed by atoms with Gasteiger partial charge in [0, 0.05) is 12.0 Å². The van der Waals surface area contributed by atoms with Gasteiger partial charge in [0.25, 0.3) is 0 Å². The van der Waals surface area contributed by atoms with Gasteiger partial charge in [0.2, 0.25) is 0 Å². The van der Waals surface area contributed by atoms with E-state index in [0.29, 0.717) is 0 Å². The summed E-state index contributed by atoms with van der Waals surface area (Å²) in [5.74, 6) is -0.561. The molecule has 0 aromatic rings. The fraction of sp³-hybridized carbons (Fsp3) is 0.700. The molecule has 0 aliphatic carbocycles. The van der Waals surface area contributed by atoms with Crippen LogP contribution in [0.1, 0.15) is 33.1 Å². The molecule has 0 saturated carbocycles. The molecule has 2 nitrogen and oxygen atoms in total. The molecular weight excluding hydrogens is 209 g/mol. The van der Waals surface area contributed by atoms with Crippen LogP contribution in [0.4, 0.5) is 13.2 Å². The molecule has 0 amide bonds. The predicted octanol–water partition coefficient (Wildman–Crippen LogP) is 3.23. The van der Waals surface area contributed by atoms with Crippen molar-refractivity contribution in [3.05, 3.63) is 12.2 Å². The van der Waals surface area contributed by atoms with Gasteiger partial charge in [-0.15, -0.1) is 0 Å². The van der Waals surface area contributed by atoms with Crippen molar-refractivity contribution in [2.24, 2.45) is 0 Å². The number of rotatable bonds is 5. The maximum atomic E-state index is 11.8. The van der Waals surface area contributed by atoms with Gasteiger partial charge in [-0.25, -0.2) is 4.79 Å². The summed E-state index contributed by atoms with van der Waals surface area (Å²) in [6.07, 6.45) is -5.32. The minimum absolute atomic E-state index is 0.0336. The lowest BCUT2D eigenvalue weighted by molar-refractivity contribution is -0.145. The van der Waals surface area contributed by atoms with Crippen molar-refractivity contribution < 1.29 is 22.7 Å². The zero-order chi connectivity index (χ0) is 12.1. The van der Waals surface area contributed by atoms with Crippen LogP contribution >= 0.6 is 0 Å². The number of halogens is 3. The Morgan fingerprint density at radius 3 is 2.40 bits per heavy atom. The highest BCUT2D eigenvalue weighted by Gasteiger charge is 2.26. The molecule has 0 aromatic carbocycles. The van der Waals surface area contributed by atoms with E-state index in [1.807, 2.05) is 0 Å². The lowest BCUT2D eigenvalue weighted by atomic mass is 10.1. The zero-order valence-electron chi connectivity index (χ0n) is 8.86. The van der Waals surface area contributed by atoms with Crippen LogP contribution in [0.5, 0.6) is 0 Å². The molecule has 0 N–H and O–H groups in total. The Balaban J connectivity index is 3.71. The van der Waals surface area contributed by atoms with Crippen LogP contribution in [0.25, 0.3) is 0 Å². The maximum Gasteiger partial charge on any atom is 0.389 e. The van der Waals surface area contributed by atoms with Crippen molar-refractivity contribution in [3.63, 3.8) is 0 Å². The molecule has 0 aliphatic heterocycles. The number of ether oxygens (including phenoxy) is 1. The summed E-state index contributed by atoms with van der Waals surface area (Å²) in [7, 11) is 0. The Morgan fingerprint density at radius 2 is 2.00 bits per heavy atom. The fourth-order valence-corrected chi connectivity index (χ4v) is 0.932. The van der Waals surface area contributed by atoms with E-state index in [-0.39, 0.29) is 18.4 Å². The molecule has 0 fully saturated rings. The highest BCUT2D eigenvalue weighted by Crippen LogP contribution is 2.23. The average molecular weight is 224 g/mol. The van der Waals surface area contributed by atoms with Crippen molar-refractivity contribution in [2.75, 3.05) is 0 Å². The molecule has 0 rings (SSSR count). The van der Waals surface area contributed by atoms with Gasteiger partial charge in [-0.1, -0.05) is 6.58 Å². The average Bonchev–Trinajstić information content (AvgIpc) is 2.01. The second kappa shape index (κ2) is 5.78. The smallest absolute Gasteiger partial charge is 0.389 e. The van der Waals surface area contributed by atoms with E-state index in [1.165, 1.54) is 6.92 Å². The van der Waals surface area contributed by atoms with Crippen molar-refractivity contribution in [2.45, 2.75) is 45.4 Å². The van der Waals surface area contributed by atoms with Crippen molar-refractivity contribution in [1.82, 2.24) is 0 Å². The third-order valence-electron chi connectivity index (χ3n) is 1.73. The monoisotopic (exact) mass is 224 g/mol. The van der Waals surface area contributed by atoms with Crippen LogP contribution in [0.3, 0.4) is 0 Å². The third-order valence-corrected chi connectivity index (χ3v) is 1.73. The number of hydrogen-bond acceptors (Lipinski definition) is 2. The minimum atomic E-state index is -4.14. The van der Waals surface area contributed by atoms with Crippen LogP contribution in [-0.4, -0.2) is 18.2 Å². The lowest BCUT2D eigenvalue weighted by Gasteiger charge is -2.13. The Labute approximate surface area is 87.1 Å². The van der Waals surface area contributed by atoms with Gasteiger partial charge in [0.1, 0.15) is 0 Å². The molecule has 15 heavy (non-hydrogen) atoms. The summed E-state index contributed by atoms with van der Waals surface area (Å²) in [6.45, 7) is 6.43. The first-order valence-corrected chi connectivity index (χ1v) is 4.65. The van der Waals surface area contributed by atoms with Crippen molar-refractivity contribution in [3.8, 4) is 0 Å². The van der Waals surface area contributed by atoms with Crippen LogP contribution in [0.2, 0.25) is 0 Å². The summed E-state index contributed by atoms with van der Waals surface area (Å²) >= 11 is 0. The molecule has 0 radical (unpaired) electrons. The summed E-state index contributed by atoms with van der Waals surface area (Å²) in [4.78, 5) is 11.0. The van der Waals surface area contributed by atoms with Gasteiger partial charge in [-0.05, 0) is 26.7 Å². The summed E-state index contributed by atoms with van der Waals surface area (Å²) < 4.78 is 40.1. The minimum Gasteiger partial charge on any atom is -0.459 e. The van der Waals surface area contributed by atoms with Crippen LogP contribution in [0.15, 0.2) is 12.2 Å². The largest absolute Gasteiger partial charge is 0.459 e. The third kappa shape index (κ3) is 8.03. The Bertz CT molecular complexity index is 233. The first-order chi connectivity index (χ1) is 6.72. The van der Waals surface area contributed by atoms with Gasteiger partial charge >= 0.3 is 12.1 Å². The van der Waals surface area contributed by atoms with Gasteiger partial charge in [-0.2, -0.15) is 13.2 Å². The van der Waals surface area contributed by atoms with Crippen molar-refractivity contribution in [1.29, 1.82) is 0 Å². The lowest BCUT2D eigenvalue weighted by Crippen LogP contribution is -2.16. The second-order valence-corrected chi connectivity index (χ2v) is 3.50. The quantitative estimate of drug-likeness (QED) is 0.529. The van der Waals surface area contributed by atoms with Crippen LogP contribution < -0.4 is 0 Å². The van der Waals surface area contributed by atoms with Crippen LogP contribution in [-0.2, 0) is 9.53 Å². The molecule has 1 atom stereocenters. The van der Waals surface area contributed by atoms with E-state index in [1.54, 1.807) is 6.92 Å². The van der Waals surface area contributed by atoms with E-state index in [0.717, 1.165) is 0 Å². The van der Waals surface area contributed by atoms with Crippen molar-refractivity contribution >= 4 is 5.97 Å². The molecule has 0 saturated heterocycles. The number of esters is 1. The molecule has 5 heteroatoms. The zero-order valence-corrected chi connectivity index (χ0v) is 8.86. The van der Waals surface area contributed by atoms with E-state index < -0.39 is 24.7 Å². The van der Waals surface area contributed by atoms with Gasteiger partial charge in [-0.3, -0.25) is 0 Å². The van der Waals surface area contributed by atoms with Crippen LogP contribution in [0, 0.1) is 0 Å². The number of carbonyl (C=O) groups excluding carboxylic acids is 1. The van der Waals surface area contributed by atoms with E-state index in [9.17, 15) is 18.0 Å². The predicted molar refractivity (Wildman–Crippen MR) is 50.3 cm³/mol. The second-order valence-electron chi connectivity index (χ2n) is 3.50. The molecule has 1 unspecified atom stereocenters. The Hall–Kier alpha value is -1.00. The molecule has 0 bridgehead atoms. The molecule has 0 spiro atoms. The van der Waals surface area contributed by atoms with Gasteiger partial charge < -0.3 is 4.74 Å². The number of alkyl halides is 3. The van der Waals surface area contributed by atoms with E-state index in [4.69, 9.17) is 4.74 Å². The summed E-state index contributed by atoms with van der Waals surface area (Å²) in [5.41, 5.74) is 0.248. The SMILES string of the molecule is C=C(C)C(=O)OC(C)CCCC(F)(F)F. The number of hydrogen-bond donors (Lipinski definition) is 0. The topological polar surface area (TPSA) is 26.3 Å². The first kappa shape index (κ1) is 14.0. The molecule has 88 valence electrons. The first-order valence-electron chi connectivity index (χ1n) is 4.65. The van der Waals surface area contributed by atoms with E-state index in [2.05, 4.69) is 6.58 Å². The normalized spacial score (nSPS) is 13.4. The van der Waals surface area contributed by atoms with Gasteiger partial charge in [0.05, 0.1) is 6.10 Å². The number of carbonyl (C=O) groups is 1. The molecular formula is C10H15F3O2. The van der Waals surface area contributed by atoms with E-state index >= 15 is 0 Å². The van der Waals surface area contributed by atoms with Gasteiger partial charge in [0.15, 0.2) is 0 Å². The Kier molecular flexibility index (Phi) is 5.39. The summed E-state index contributed by atoms with van der Waals surface area (Å²) in [5, 5.41) is 0.